The summed E-state index contributed by atoms with van der Waals surface area (Å²) in [5.41, 5.74) is 0. The van der Waals surface area contributed by atoms with Crippen molar-refractivity contribution in [3.05, 3.63) is 0 Å². The summed E-state index contributed by atoms with van der Waals surface area (Å²) in [4.78, 5) is 11.1. The maximum absolute atomic E-state index is 11.1. The number of unbranched alkanes of at least 4 members (excludes halogenated alkanes) is 2. The number of hydrogen-bond donors (Lipinski definition) is 1. The van der Waals surface area contributed by atoms with E-state index in [1.165, 1.54) is 0 Å². The third-order valence-electron chi connectivity index (χ3n) is 1.72. The van der Waals surface area contributed by atoms with Crippen LogP contribution in [0, 0.1) is 11.3 Å². The van der Waals surface area contributed by atoms with E-state index < -0.39 is 0 Å². The summed E-state index contributed by atoms with van der Waals surface area (Å²) in [6, 6.07) is 2.07. The van der Waals surface area contributed by atoms with Gasteiger partial charge in [0.1, 0.15) is 0 Å². The van der Waals surface area contributed by atoms with Gasteiger partial charge in [0.05, 0.1) is 12.7 Å². The van der Waals surface area contributed by atoms with Crippen LogP contribution in [0.1, 0.15) is 32.6 Å². The SMILES string of the molecule is CCOCCC(=O)NCCCCC#N. The first-order valence-electron chi connectivity index (χ1n) is 5.02. The molecule has 0 aromatic heterocycles. The average molecular weight is 198 g/mol. The lowest BCUT2D eigenvalue weighted by molar-refractivity contribution is -0.122. The Kier molecular flexibility index (Phi) is 9.23. The van der Waals surface area contributed by atoms with Crippen LogP contribution in [0.25, 0.3) is 0 Å². The van der Waals surface area contributed by atoms with Gasteiger partial charge in [-0.2, -0.15) is 5.26 Å². The van der Waals surface area contributed by atoms with Crippen LogP contribution in [0.4, 0.5) is 0 Å². The first-order chi connectivity index (χ1) is 6.81. The van der Waals surface area contributed by atoms with Gasteiger partial charge in [0.25, 0.3) is 0 Å². The Morgan fingerprint density at radius 2 is 2.29 bits per heavy atom. The van der Waals surface area contributed by atoms with Crippen molar-refractivity contribution in [2.75, 3.05) is 19.8 Å². The van der Waals surface area contributed by atoms with E-state index in [4.69, 9.17) is 10.00 Å². The number of rotatable bonds is 8. The fraction of sp³-hybridized carbons (Fsp3) is 0.800. The van der Waals surface area contributed by atoms with Crippen LogP contribution in [0.3, 0.4) is 0 Å². The van der Waals surface area contributed by atoms with Crippen LogP contribution in [0.5, 0.6) is 0 Å². The highest BCUT2D eigenvalue weighted by molar-refractivity contribution is 5.75. The highest BCUT2D eigenvalue weighted by atomic mass is 16.5. The molecule has 1 N–H and O–H groups in total. The first kappa shape index (κ1) is 12.9. The van der Waals surface area contributed by atoms with Crippen LogP contribution in [-0.2, 0) is 9.53 Å². The van der Waals surface area contributed by atoms with Crippen molar-refractivity contribution in [3.8, 4) is 6.07 Å². The largest absolute Gasteiger partial charge is 0.381 e. The van der Waals surface area contributed by atoms with Gasteiger partial charge in [-0.3, -0.25) is 4.79 Å². The summed E-state index contributed by atoms with van der Waals surface area (Å²) in [5.74, 6) is 0.0235. The Morgan fingerprint density at radius 1 is 1.50 bits per heavy atom. The van der Waals surface area contributed by atoms with E-state index in [9.17, 15) is 4.79 Å². The molecule has 0 unspecified atom stereocenters. The number of ether oxygens (including phenoxy) is 1. The minimum absolute atomic E-state index is 0.0235. The van der Waals surface area contributed by atoms with E-state index in [0.717, 1.165) is 12.8 Å². The molecule has 0 aliphatic carbocycles. The van der Waals surface area contributed by atoms with Gasteiger partial charge in [-0.25, -0.2) is 0 Å². The molecule has 0 saturated heterocycles. The van der Waals surface area contributed by atoms with Crippen LogP contribution in [0.2, 0.25) is 0 Å². The summed E-state index contributed by atoms with van der Waals surface area (Å²) >= 11 is 0. The Balaban J connectivity index is 3.15. The molecule has 0 spiro atoms. The molecule has 0 heterocycles. The molecule has 0 bridgehead atoms. The summed E-state index contributed by atoms with van der Waals surface area (Å²) in [7, 11) is 0. The maximum atomic E-state index is 11.1. The molecule has 0 radical (unpaired) electrons. The van der Waals surface area contributed by atoms with E-state index in [1.54, 1.807) is 0 Å². The van der Waals surface area contributed by atoms with Crippen LogP contribution < -0.4 is 5.32 Å². The van der Waals surface area contributed by atoms with Gasteiger partial charge in [-0.05, 0) is 19.8 Å². The van der Waals surface area contributed by atoms with Gasteiger partial charge in [0, 0.05) is 26.0 Å². The topological polar surface area (TPSA) is 62.1 Å². The zero-order chi connectivity index (χ0) is 10.6. The minimum Gasteiger partial charge on any atom is -0.381 e. The van der Waals surface area contributed by atoms with E-state index in [-0.39, 0.29) is 5.91 Å². The quantitative estimate of drug-likeness (QED) is 0.596. The molecular formula is C10H18N2O2. The molecule has 0 aromatic carbocycles. The number of nitriles is 1. The number of hydrogen-bond acceptors (Lipinski definition) is 3. The average Bonchev–Trinajstić information content (AvgIpc) is 2.18. The summed E-state index contributed by atoms with van der Waals surface area (Å²) < 4.78 is 5.05. The van der Waals surface area contributed by atoms with E-state index in [0.29, 0.717) is 32.6 Å². The van der Waals surface area contributed by atoms with Crippen molar-refractivity contribution < 1.29 is 9.53 Å². The van der Waals surface area contributed by atoms with E-state index >= 15 is 0 Å². The molecule has 0 aliphatic rings. The third kappa shape index (κ3) is 9.01. The molecule has 0 fully saturated rings. The fourth-order valence-corrected chi connectivity index (χ4v) is 0.954. The van der Waals surface area contributed by atoms with Crippen molar-refractivity contribution in [3.63, 3.8) is 0 Å². The molecule has 0 aromatic rings. The van der Waals surface area contributed by atoms with Gasteiger partial charge in [-0.1, -0.05) is 0 Å². The van der Waals surface area contributed by atoms with Crippen molar-refractivity contribution in [1.29, 1.82) is 5.26 Å². The lowest BCUT2D eigenvalue weighted by Crippen LogP contribution is -2.25. The van der Waals surface area contributed by atoms with Crippen molar-refractivity contribution in [2.45, 2.75) is 32.6 Å². The highest BCUT2D eigenvalue weighted by Crippen LogP contribution is 1.91. The summed E-state index contributed by atoms with van der Waals surface area (Å²) in [5, 5.41) is 11.0. The standard InChI is InChI=1S/C10H18N2O2/c1-2-14-9-6-10(13)12-8-5-3-4-7-11/h2-6,8-9H2,1H3,(H,12,13). The smallest absolute Gasteiger partial charge is 0.222 e. The number of carbonyl (C=O) groups is 1. The minimum atomic E-state index is 0.0235. The lowest BCUT2D eigenvalue weighted by Gasteiger charge is -2.03. The van der Waals surface area contributed by atoms with Gasteiger partial charge in [0.2, 0.25) is 5.91 Å². The Hall–Kier alpha value is -1.08. The Bertz CT molecular complexity index is 187. The van der Waals surface area contributed by atoms with Gasteiger partial charge < -0.3 is 10.1 Å². The molecule has 80 valence electrons. The van der Waals surface area contributed by atoms with Crippen LogP contribution in [0.15, 0.2) is 0 Å². The number of nitrogens with zero attached hydrogens (tertiary/aromatic N) is 1. The second-order valence-electron chi connectivity index (χ2n) is 2.91. The predicted molar refractivity (Wildman–Crippen MR) is 53.6 cm³/mol. The zero-order valence-corrected chi connectivity index (χ0v) is 8.71. The monoisotopic (exact) mass is 198 g/mol. The van der Waals surface area contributed by atoms with Gasteiger partial charge in [-0.15, -0.1) is 0 Å². The van der Waals surface area contributed by atoms with Crippen LogP contribution >= 0.6 is 0 Å². The second kappa shape index (κ2) is 10.0. The van der Waals surface area contributed by atoms with Crippen molar-refractivity contribution in [1.82, 2.24) is 5.32 Å². The van der Waals surface area contributed by atoms with E-state index in [1.807, 2.05) is 6.92 Å². The number of carbonyl (C=O) groups excluding carboxylic acids is 1. The normalized spacial score (nSPS) is 9.43. The molecule has 14 heavy (non-hydrogen) atoms. The second-order valence-corrected chi connectivity index (χ2v) is 2.91. The Labute approximate surface area is 85.2 Å². The molecule has 4 nitrogen and oxygen atoms in total. The Morgan fingerprint density at radius 3 is 2.93 bits per heavy atom. The lowest BCUT2D eigenvalue weighted by atomic mass is 10.2. The van der Waals surface area contributed by atoms with Crippen molar-refractivity contribution >= 4 is 5.91 Å². The predicted octanol–water partition coefficient (Wildman–Crippen LogP) is 1.22. The molecule has 0 atom stereocenters. The molecule has 0 saturated carbocycles. The summed E-state index contributed by atoms with van der Waals surface area (Å²) in [6.45, 7) is 3.70. The van der Waals surface area contributed by atoms with Gasteiger partial charge >= 0.3 is 0 Å². The highest BCUT2D eigenvalue weighted by Gasteiger charge is 1.99. The molecule has 1 amide bonds. The fourth-order valence-electron chi connectivity index (χ4n) is 0.954. The molecule has 0 aliphatic heterocycles. The molecule has 4 heteroatoms. The summed E-state index contributed by atoms with van der Waals surface area (Å²) in [6.07, 6.45) is 2.71. The van der Waals surface area contributed by atoms with Crippen molar-refractivity contribution in [2.24, 2.45) is 0 Å². The van der Waals surface area contributed by atoms with Crippen LogP contribution in [-0.4, -0.2) is 25.7 Å². The third-order valence-corrected chi connectivity index (χ3v) is 1.72. The first-order valence-corrected chi connectivity index (χ1v) is 5.02. The molecular weight excluding hydrogens is 180 g/mol. The number of nitrogens with one attached hydrogen (secondary N) is 1. The zero-order valence-electron chi connectivity index (χ0n) is 8.71. The number of amides is 1. The maximum Gasteiger partial charge on any atom is 0.222 e. The van der Waals surface area contributed by atoms with E-state index in [2.05, 4.69) is 11.4 Å². The molecule has 0 rings (SSSR count). The van der Waals surface area contributed by atoms with Gasteiger partial charge in [0.15, 0.2) is 0 Å².